The Morgan fingerprint density at radius 1 is 0.897 bits per heavy atom. The molecular weight excluding hydrogens is 380 g/mol. The van der Waals surface area contributed by atoms with Gasteiger partial charge in [-0.1, -0.05) is 12.1 Å². The lowest BCUT2D eigenvalue weighted by atomic mass is 9.82. The van der Waals surface area contributed by atoms with E-state index in [1.807, 2.05) is 0 Å². The highest BCUT2D eigenvalue weighted by molar-refractivity contribution is 6.30. The summed E-state index contributed by atoms with van der Waals surface area (Å²) in [5, 5.41) is 13.3. The molecule has 0 saturated carbocycles. The molecule has 0 unspecified atom stereocenters. The van der Waals surface area contributed by atoms with Gasteiger partial charge in [0.1, 0.15) is 11.5 Å². The van der Waals surface area contributed by atoms with Crippen LogP contribution < -0.4 is 9.47 Å². The summed E-state index contributed by atoms with van der Waals surface area (Å²) < 4.78 is 10.3. The number of nitrogens with zero attached hydrogens (tertiary/aromatic N) is 3. The van der Waals surface area contributed by atoms with Crippen LogP contribution in [0.4, 0.5) is 0 Å². The summed E-state index contributed by atoms with van der Waals surface area (Å²) in [6.07, 6.45) is 0. The molecule has 0 fully saturated rings. The van der Waals surface area contributed by atoms with Crippen molar-refractivity contribution in [1.29, 1.82) is 0 Å². The Labute approximate surface area is 162 Å². The molecular formula is C19H12N4O6. The van der Waals surface area contributed by atoms with E-state index in [4.69, 9.17) is 9.47 Å². The molecule has 29 heavy (non-hydrogen) atoms. The van der Waals surface area contributed by atoms with E-state index in [-0.39, 0.29) is 39.6 Å². The summed E-state index contributed by atoms with van der Waals surface area (Å²) in [6.45, 7) is 2.35. The summed E-state index contributed by atoms with van der Waals surface area (Å²) in [6, 6.07) is 7.19. The van der Waals surface area contributed by atoms with Crippen LogP contribution in [-0.2, 0) is 9.59 Å². The van der Waals surface area contributed by atoms with Crippen LogP contribution in [0, 0.1) is 0 Å². The van der Waals surface area contributed by atoms with Gasteiger partial charge in [0.15, 0.2) is 11.6 Å². The smallest absolute Gasteiger partial charge is 0.308 e. The number of hydrogen-bond acceptors (Lipinski definition) is 9. The van der Waals surface area contributed by atoms with Gasteiger partial charge in [0.2, 0.25) is 5.78 Å². The molecule has 0 aliphatic heterocycles. The molecule has 4 rings (SSSR count). The van der Waals surface area contributed by atoms with Crippen LogP contribution in [-0.4, -0.2) is 44.1 Å². The molecule has 1 aliphatic carbocycles. The number of carbonyl (C=O) groups excluding carboxylic acids is 4. The van der Waals surface area contributed by atoms with Crippen molar-refractivity contribution in [3.63, 3.8) is 0 Å². The number of aromatic nitrogens is 4. The molecule has 10 nitrogen and oxygen atoms in total. The zero-order chi connectivity index (χ0) is 20.7. The molecule has 0 bridgehead atoms. The molecule has 2 aromatic carbocycles. The fourth-order valence-corrected chi connectivity index (χ4v) is 3.15. The average Bonchev–Trinajstić information content (AvgIpc) is 3.19. The van der Waals surface area contributed by atoms with E-state index >= 15 is 0 Å². The number of fused-ring (bicyclic) bond motifs is 2. The van der Waals surface area contributed by atoms with E-state index < -0.39 is 23.5 Å². The number of H-pyrrole nitrogens is 1. The zero-order valence-corrected chi connectivity index (χ0v) is 15.2. The normalized spacial score (nSPS) is 12.2. The van der Waals surface area contributed by atoms with Crippen LogP contribution in [0.2, 0.25) is 0 Å². The fraction of sp³-hybridized carbons (Fsp3) is 0.105. The summed E-state index contributed by atoms with van der Waals surface area (Å²) in [5.41, 5.74) is 0.275. The lowest BCUT2D eigenvalue weighted by Gasteiger charge is -2.22. The lowest BCUT2D eigenvalue weighted by molar-refractivity contribution is -0.132. The molecule has 1 N–H and O–H groups in total. The van der Waals surface area contributed by atoms with Crippen LogP contribution in [0.25, 0.3) is 11.4 Å². The Morgan fingerprint density at radius 2 is 1.59 bits per heavy atom. The molecule has 0 amide bonds. The van der Waals surface area contributed by atoms with E-state index in [1.165, 1.54) is 44.2 Å². The van der Waals surface area contributed by atoms with E-state index in [0.29, 0.717) is 5.56 Å². The zero-order valence-electron chi connectivity index (χ0n) is 15.2. The largest absolute Gasteiger partial charge is 0.426 e. The van der Waals surface area contributed by atoms with Crippen LogP contribution in [0.3, 0.4) is 0 Å². The third kappa shape index (κ3) is 3.06. The first-order valence-electron chi connectivity index (χ1n) is 8.38. The van der Waals surface area contributed by atoms with Crippen molar-refractivity contribution in [2.75, 3.05) is 0 Å². The van der Waals surface area contributed by atoms with Crippen LogP contribution in [0.1, 0.15) is 45.7 Å². The second-order valence-corrected chi connectivity index (χ2v) is 6.17. The van der Waals surface area contributed by atoms with E-state index in [0.717, 1.165) is 0 Å². The third-order valence-corrected chi connectivity index (χ3v) is 4.20. The Kier molecular flexibility index (Phi) is 4.23. The van der Waals surface area contributed by atoms with Gasteiger partial charge >= 0.3 is 11.9 Å². The van der Waals surface area contributed by atoms with Crippen molar-refractivity contribution in [2.45, 2.75) is 13.8 Å². The van der Waals surface area contributed by atoms with Crippen molar-refractivity contribution in [3.05, 3.63) is 52.6 Å². The maximum Gasteiger partial charge on any atom is 0.308 e. The van der Waals surface area contributed by atoms with Gasteiger partial charge in [-0.3, -0.25) is 19.2 Å². The van der Waals surface area contributed by atoms with Crippen LogP contribution in [0.15, 0.2) is 30.3 Å². The first-order chi connectivity index (χ1) is 13.9. The molecule has 0 atom stereocenters. The minimum Gasteiger partial charge on any atom is -0.426 e. The second kappa shape index (κ2) is 6.75. The summed E-state index contributed by atoms with van der Waals surface area (Å²) in [4.78, 5) is 49.4. The highest BCUT2D eigenvalue weighted by Gasteiger charge is 2.36. The summed E-state index contributed by atoms with van der Waals surface area (Å²) in [5.74, 6) is -2.37. The Morgan fingerprint density at radius 3 is 2.24 bits per heavy atom. The SMILES string of the molecule is CC(=O)Oc1cccc2c1C(=O)c1c(OC(C)=O)cc(-c3nnn[nH]3)cc1C2=O. The highest BCUT2D eigenvalue weighted by atomic mass is 16.5. The number of carbonyl (C=O) groups is 4. The molecule has 144 valence electrons. The minimum atomic E-state index is -0.681. The van der Waals surface area contributed by atoms with E-state index in [1.54, 1.807) is 0 Å². The average molecular weight is 392 g/mol. The van der Waals surface area contributed by atoms with Crippen molar-refractivity contribution >= 4 is 23.5 Å². The van der Waals surface area contributed by atoms with Crippen molar-refractivity contribution in [1.82, 2.24) is 20.6 Å². The van der Waals surface area contributed by atoms with Crippen LogP contribution >= 0.6 is 0 Å². The van der Waals surface area contributed by atoms with E-state index in [2.05, 4.69) is 20.6 Å². The molecule has 1 aliphatic rings. The van der Waals surface area contributed by atoms with E-state index in [9.17, 15) is 19.2 Å². The van der Waals surface area contributed by atoms with Gasteiger partial charge in [0, 0.05) is 30.5 Å². The van der Waals surface area contributed by atoms with Gasteiger partial charge in [-0.25, -0.2) is 5.10 Å². The number of ketones is 2. The number of ether oxygens (including phenoxy) is 2. The quantitative estimate of drug-likeness (QED) is 0.405. The summed E-state index contributed by atoms with van der Waals surface area (Å²) in [7, 11) is 0. The molecule has 1 aromatic heterocycles. The molecule has 0 radical (unpaired) electrons. The number of esters is 2. The lowest BCUT2D eigenvalue weighted by Crippen LogP contribution is -2.24. The second-order valence-electron chi connectivity index (χ2n) is 6.17. The van der Waals surface area contributed by atoms with Crippen molar-refractivity contribution < 1.29 is 28.7 Å². The fourth-order valence-electron chi connectivity index (χ4n) is 3.15. The van der Waals surface area contributed by atoms with Crippen molar-refractivity contribution in [3.8, 4) is 22.9 Å². The van der Waals surface area contributed by atoms with Gasteiger partial charge in [0.05, 0.1) is 11.1 Å². The Balaban J connectivity index is 1.97. The first-order valence-corrected chi connectivity index (χ1v) is 8.38. The minimum absolute atomic E-state index is 0.0209. The standard InChI is InChI=1S/C19H12N4O6/c1-8(24)28-13-5-3-4-11-15(13)18(27)16-12(17(11)26)6-10(19-20-22-23-21-19)7-14(16)29-9(2)25/h3-7H,1-2H3,(H,20,21,22,23). The number of aromatic amines is 1. The number of rotatable bonds is 3. The molecule has 10 heteroatoms. The predicted molar refractivity (Wildman–Crippen MR) is 95.5 cm³/mol. The number of hydrogen-bond donors (Lipinski definition) is 1. The number of tetrazole rings is 1. The highest BCUT2D eigenvalue weighted by Crippen LogP contribution is 2.39. The maximum absolute atomic E-state index is 13.3. The predicted octanol–water partition coefficient (Wildman–Crippen LogP) is 1.49. The van der Waals surface area contributed by atoms with Gasteiger partial charge in [0.25, 0.3) is 0 Å². The number of nitrogens with one attached hydrogen (secondary N) is 1. The van der Waals surface area contributed by atoms with Gasteiger partial charge in [-0.15, -0.1) is 5.10 Å². The molecule has 1 heterocycles. The summed E-state index contributed by atoms with van der Waals surface area (Å²) >= 11 is 0. The van der Waals surface area contributed by atoms with Gasteiger partial charge in [-0.05, 0) is 28.6 Å². The van der Waals surface area contributed by atoms with Crippen LogP contribution in [0.5, 0.6) is 11.5 Å². The Hall–Kier alpha value is -4.21. The van der Waals surface area contributed by atoms with Gasteiger partial charge in [-0.2, -0.15) is 0 Å². The third-order valence-electron chi connectivity index (χ3n) is 4.20. The molecule has 0 saturated heterocycles. The molecule has 0 spiro atoms. The maximum atomic E-state index is 13.3. The molecule has 3 aromatic rings. The van der Waals surface area contributed by atoms with Gasteiger partial charge < -0.3 is 9.47 Å². The number of benzene rings is 2. The monoisotopic (exact) mass is 392 g/mol. The topological polar surface area (TPSA) is 141 Å². The van der Waals surface area contributed by atoms with Crippen molar-refractivity contribution in [2.24, 2.45) is 0 Å². The Bertz CT molecular complexity index is 1200. The first kappa shape index (κ1) is 18.2.